The Morgan fingerprint density at radius 1 is 0.600 bits per heavy atom. The van der Waals surface area contributed by atoms with E-state index in [1.54, 1.807) is 0 Å². The van der Waals surface area contributed by atoms with E-state index in [9.17, 15) is 9.59 Å². The van der Waals surface area contributed by atoms with Crippen LogP contribution in [0.2, 0.25) is 0 Å². The summed E-state index contributed by atoms with van der Waals surface area (Å²) in [5, 5.41) is 0. The van der Waals surface area contributed by atoms with Crippen molar-refractivity contribution >= 4 is 11.8 Å². The number of hydrogen-bond acceptors (Lipinski definition) is 2. The van der Waals surface area contributed by atoms with Crippen molar-refractivity contribution in [2.45, 2.75) is 64.2 Å². The lowest BCUT2D eigenvalue weighted by atomic mass is 10.0. The fraction of sp³-hybridized carbons (Fsp3) is 0.625. The minimum Gasteiger partial charge on any atom is -0.366 e. The Balaban J connectivity index is 3.25. The molecule has 0 aromatic carbocycles. The van der Waals surface area contributed by atoms with Crippen LogP contribution < -0.4 is 11.5 Å². The van der Waals surface area contributed by atoms with Gasteiger partial charge in [-0.3, -0.25) is 9.59 Å². The van der Waals surface area contributed by atoms with Crippen LogP contribution in [0.4, 0.5) is 0 Å². The molecule has 0 aromatic heterocycles. The first kappa shape index (κ1) is 18.4. The number of rotatable bonds is 13. The van der Waals surface area contributed by atoms with Crippen molar-refractivity contribution < 1.29 is 9.59 Å². The largest absolute Gasteiger partial charge is 0.366 e. The fourth-order valence-corrected chi connectivity index (χ4v) is 1.98. The van der Waals surface area contributed by atoms with Crippen LogP contribution in [-0.2, 0) is 9.59 Å². The molecule has 4 heteroatoms. The molecule has 0 heterocycles. The summed E-state index contributed by atoms with van der Waals surface area (Å²) < 4.78 is 0. The second-order valence-corrected chi connectivity index (χ2v) is 5.26. The maximum Gasteiger partial charge on any atom is 0.244 e. The van der Waals surface area contributed by atoms with E-state index in [-0.39, 0.29) is 11.8 Å². The van der Waals surface area contributed by atoms with E-state index in [0.29, 0.717) is 24.0 Å². The molecule has 0 atom stereocenters. The molecular weight excluding hydrogens is 252 g/mol. The number of amides is 2. The second kappa shape index (κ2) is 11.3. The van der Waals surface area contributed by atoms with Gasteiger partial charge in [0.05, 0.1) is 0 Å². The van der Waals surface area contributed by atoms with Crippen LogP contribution in [0.15, 0.2) is 24.3 Å². The third kappa shape index (κ3) is 10.4. The van der Waals surface area contributed by atoms with Crippen molar-refractivity contribution in [3.8, 4) is 0 Å². The molecule has 0 aromatic rings. The van der Waals surface area contributed by atoms with Gasteiger partial charge in [0.15, 0.2) is 0 Å². The van der Waals surface area contributed by atoms with Crippen molar-refractivity contribution in [1.82, 2.24) is 0 Å². The molecule has 0 unspecified atom stereocenters. The van der Waals surface area contributed by atoms with Gasteiger partial charge in [-0.05, 0) is 25.7 Å². The molecule has 0 spiro atoms. The van der Waals surface area contributed by atoms with E-state index in [4.69, 9.17) is 11.5 Å². The van der Waals surface area contributed by atoms with Gasteiger partial charge in [-0.2, -0.15) is 0 Å². The number of hydrogen-bond donors (Lipinski definition) is 2. The zero-order valence-electron chi connectivity index (χ0n) is 12.5. The molecule has 0 aliphatic heterocycles. The summed E-state index contributed by atoms with van der Waals surface area (Å²) in [6.45, 7) is 7.27. The summed E-state index contributed by atoms with van der Waals surface area (Å²) in [6.07, 6.45) is 10.4. The third-order valence-corrected chi connectivity index (χ3v) is 3.40. The van der Waals surface area contributed by atoms with Crippen LogP contribution in [0, 0.1) is 0 Å². The highest BCUT2D eigenvalue weighted by Gasteiger charge is 2.01. The third-order valence-electron chi connectivity index (χ3n) is 3.40. The van der Waals surface area contributed by atoms with Crippen LogP contribution in [-0.4, -0.2) is 11.8 Å². The average Bonchev–Trinajstić information content (AvgIpc) is 2.39. The smallest absolute Gasteiger partial charge is 0.244 e. The molecule has 2 amide bonds. The SMILES string of the molecule is C=C(CCCCCCCCCCC(=C)C(N)=O)C(N)=O. The normalized spacial score (nSPS) is 10.2. The summed E-state index contributed by atoms with van der Waals surface area (Å²) in [7, 11) is 0. The summed E-state index contributed by atoms with van der Waals surface area (Å²) in [5.41, 5.74) is 11.3. The standard InChI is InChI=1S/C16H28N2O2/c1-13(15(17)19)11-9-7-5-3-4-6-8-10-12-14(2)16(18)20/h1-12H2,(H2,17,19)(H2,18,20). The van der Waals surface area contributed by atoms with Crippen LogP contribution in [0.25, 0.3) is 0 Å². The van der Waals surface area contributed by atoms with Gasteiger partial charge in [-0.15, -0.1) is 0 Å². The van der Waals surface area contributed by atoms with E-state index < -0.39 is 0 Å². The number of primary amides is 2. The number of carbonyl (C=O) groups is 2. The van der Waals surface area contributed by atoms with Gasteiger partial charge in [0.1, 0.15) is 0 Å². The fourth-order valence-electron chi connectivity index (χ4n) is 1.98. The minimum atomic E-state index is -0.387. The lowest BCUT2D eigenvalue weighted by Crippen LogP contribution is -2.12. The molecular formula is C16H28N2O2. The Kier molecular flexibility index (Phi) is 10.4. The molecule has 0 aliphatic carbocycles. The van der Waals surface area contributed by atoms with Gasteiger partial charge in [0, 0.05) is 11.1 Å². The molecule has 0 saturated carbocycles. The molecule has 4 nitrogen and oxygen atoms in total. The van der Waals surface area contributed by atoms with E-state index in [1.807, 2.05) is 0 Å². The van der Waals surface area contributed by atoms with Crippen molar-refractivity contribution in [1.29, 1.82) is 0 Å². The predicted octanol–water partition coefficient (Wildman–Crippen LogP) is 2.97. The highest BCUT2D eigenvalue weighted by molar-refractivity contribution is 5.91. The first-order chi connectivity index (χ1) is 9.45. The van der Waals surface area contributed by atoms with Gasteiger partial charge in [-0.25, -0.2) is 0 Å². The van der Waals surface area contributed by atoms with Crippen LogP contribution in [0.1, 0.15) is 64.2 Å². The maximum absolute atomic E-state index is 10.7. The molecule has 4 N–H and O–H groups in total. The summed E-state index contributed by atoms with van der Waals surface area (Å²) in [4.78, 5) is 21.5. The maximum atomic E-state index is 10.7. The van der Waals surface area contributed by atoms with Crippen LogP contribution in [0.5, 0.6) is 0 Å². The summed E-state index contributed by atoms with van der Waals surface area (Å²) in [6, 6.07) is 0. The average molecular weight is 280 g/mol. The number of carbonyl (C=O) groups excluding carboxylic acids is 2. The van der Waals surface area contributed by atoms with Crippen molar-refractivity contribution in [2.75, 3.05) is 0 Å². The molecule has 0 saturated heterocycles. The Labute approximate surface area is 122 Å². The molecule has 114 valence electrons. The van der Waals surface area contributed by atoms with Gasteiger partial charge < -0.3 is 11.5 Å². The molecule has 0 aliphatic rings. The van der Waals surface area contributed by atoms with Crippen LogP contribution >= 0.6 is 0 Å². The molecule has 0 bridgehead atoms. The topological polar surface area (TPSA) is 86.2 Å². The monoisotopic (exact) mass is 280 g/mol. The Hall–Kier alpha value is -1.58. The van der Waals surface area contributed by atoms with Gasteiger partial charge >= 0.3 is 0 Å². The second-order valence-electron chi connectivity index (χ2n) is 5.26. The van der Waals surface area contributed by atoms with Crippen molar-refractivity contribution in [3.05, 3.63) is 24.3 Å². The zero-order valence-corrected chi connectivity index (χ0v) is 12.5. The van der Waals surface area contributed by atoms with E-state index in [0.717, 1.165) is 25.7 Å². The Bertz CT molecular complexity index is 314. The van der Waals surface area contributed by atoms with Gasteiger partial charge in [0.25, 0.3) is 0 Å². The Morgan fingerprint density at radius 2 is 0.850 bits per heavy atom. The van der Waals surface area contributed by atoms with E-state index in [1.165, 1.54) is 25.7 Å². The first-order valence-corrected chi connectivity index (χ1v) is 7.40. The van der Waals surface area contributed by atoms with Gasteiger partial charge in [0.2, 0.25) is 11.8 Å². The van der Waals surface area contributed by atoms with E-state index >= 15 is 0 Å². The molecule has 0 rings (SSSR count). The Morgan fingerprint density at radius 3 is 1.10 bits per heavy atom. The number of unbranched alkanes of at least 4 members (excludes halogenated alkanes) is 7. The lowest BCUT2D eigenvalue weighted by Gasteiger charge is -2.03. The summed E-state index contributed by atoms with van der Waals surface area (Å²) >= 11 is 0. The summed E-state index contributed by atoms with van der Waals surface area (Å²) in [5.74, 6) is -0.773. The lowest BCUT2D eigenvalue weighted by molar-refractivity contribution is -0.115. The number of nitrogens with two attached hydrogens (primary N) is 2. The van der Waals surface area contributed by atoms with E-state index in [2.05, 4.69) is 13.2 Å². The minimum absolute atomic E-state index is 0.387. The first-order valence-electron chi connectivity index (χ1n) is 7.40. The molecule has 0 radical (unpaired) electrons. The van der Waals surface area contributed by atoms with Crippen LogP contribution in [0.3, 0.4) is 0 Å². The van der Waals surface area contributed by atoms with Gasteiger partial charge in [-0.1, -0.05) is 51.7 Å². The van der Waals surface area contributed by atoms with Crippen molar-refractivity contribution in [2.24, 2.45) is 11.5 Å². The highest BCUT2D eigenvalue weighted by Crippen LogP contribution is 2.13. The highest BCUT2D eigenvalue weighted by atomic mass is 16.1. The predicted molar refractivity (Wildman–Crippen MR) is 82.8 cm³/mol. The quantitative estimate of drug-likeness (QED) is 0.401. The zero-order chi connectivity index (χ0) is 15.4. The molecule has 20 heavy (non-hydrogen) atoms. The van der Waals surface area contributed by atoms with Crippen molar-refractivity contribution in [3.63, 3.8) is 0 Å². The molecule has 0 fully saturated rings.